The molecule has 1 saturated carbocycles. The maximum Gasteiger partial charge on any atom is 0.307 e. The molecule has 6 heteroatoms. The number of carboxylic acids is 1. The van der Waals surface area contributed by atoms with Crippen LogP contribution >= 0.6 is 0 Å². The standard InChI is InChI=1S/C17H24N2O4/c1-11-6-13(10-17(2,3)9-11)18-14-5-4-12(8-16(20)21)7-15(14)19(22)23/h4-5,7,11,13,18H,6,8-10H2,1-3H3,(H,20,21)/t11-,13+/m1/s1. The topological polar surface area (TPSA) is 92.5 Å². The largest absolute Gasteiger partial charge is 0.481 e. The Hall–Kier alpha value is -2.11. The number of rotatable bonds is 5. The number of carboxylic acid groups (broad SMARTS) is 1. The molecule has 1 aromatic carbocycles. The molecule has 0 radical (unpaired) electrons. The Kier molecular flexibility index (Phi) is 4.92. The lowest BCUT2D eigenvalue weighted by molar-refractivity contribution is -0.384. The number of carbonyl (C=O) groups is 1. The van der Waals surface area contributed by atoms with Crippen molar-refractivity contribution >= 4 is 17.3 Å². The van der Waals surface area contributed by atoms with E-state index in [4.69, 9.17) is 5.11 Å². The van der Waals surface area contributed by atoms with Crippen molar-refractivity contribution in [3.05, 3.63) is 33.9 Å². The van der Waals surface area contributed by atoms with Crippen molar-refractivity contribution in [2.75, 3.05) is 5.32 Å². The van der Waals surface area contributed by atoms with Gasteiger partial charge in [-0.3, -0.25) is 14.9 Å². The number of hydrogen-bond acceptors (Lipinski definition) is 4. The van der Waals surface area contributed by atoms with Gasteiger partial charge in [-0.15, -0.1) is 0 Å². The van der Waals surface area contributed by atoms with E-state index in [0.29, 0.717) is 17.2 Å². The van der Waals surface area contributed by atoms with E-state index in [1.54, 1.807) is 12.1 Å². The summed E-state index contributed by atoms with van der Waals surface area (Å²) in [5.41, 5.74) is 1.07. The molecule has 23 heavy (non-hydrogen) atoms. The Bertz CT molecular complexity index is 613. The molecule has 2 N–H and O–H groups in total. The van der Waals surface area contributed by atoms with Crippen molar-refractivity contribution in [1.29, 1.82) is 0 Å². The fourth-order valence-electron chi connectivity index (χ4n) is 3.81. The zero-order valence-corrected chi connectivity index (χ0v) is 13.8. The van der Waals surface area contributed by atoms with Gasteiger partial charge in [0.15, 0.2) is 0 Å². The van der Waals surface area contributed by atoms with E-state index >= 15 is 0 Å². The number of nitro benzene ring substituents is 1. The molecular weight excluding hydrogens is 296 g/mol. The maximum atomic E-state index is 11.3. The lowest BCUT2D eigenvalue weighted by atomic mass is 9.70. The number of benzene rings is 1. The molecule has 126 valence electrons. The summed E-state index contributed by atoms with van der Waals surface area (Å²) in [5, 5.41) is 23.4. The van der Waals surface area contributed by atoms with Gasteiger partial charge >= 0.3 is 5.97 Å². The summed E-state index contributed by atoms with van der Waals surface area (Å²) in [7, 11) is 0. The smallest absolute Gasteiger partial charge is 0.307 e. The van der Waals surface area contributed by atoms with Crippen molar-refractivity contribution in [1.82, 2.24) is 0 Å². The summed E-state index contributed by atoms with van der Waals surface area (Å²) in [5.74, 6) is -0.426. The average Bonchev–Trinajstić information content (AvgIpc) is 2.37. The van der Waals surface area contributed by atoms with E-state index in [2.05, 4.69) is 26.1 Å². The molecule has 0 bridgehead atoms. The SMILES string of the molecule is C[C@@H]1C[C@H](Nc2ccc(CC(=O)O)cc2[N+](=O)[O-])CC(C)(C)C1. The van der Waals surface area contributed by atoms with E-state index in [9.17, 15) is 14.9 Å². The number of nitro groups is 1. The van der Waals surface area contributed by atoms with E-state index in [1.807, 2.05) is 0 Å². The minimum absolute atomic E-state index is 0.0558. The predicted molar refractivity (Wildman–Crippen MR) is 88.6 cm³/mol. The second kappa shape index (κ2) is 6.56. The molecule has 1 aromatic rings. The average molecular weight is 320 g/mol. The van der Waals surface area contributed by atoms with Crippen molar-refractivity contribution in [2.24, 2.45) is 11.3 Å². The Morgan fingerprint density at radius 3 is 2.70 bits per heavy atom. The quantitative estimate of drug-likeness (QED) is 0.635. The molecule has 0 unspecified atom stereocenters. The number of hydrogen-bond donors (Lipinski definition) is 2. The third kappa shape index (κ3) is 4.68. The Morgan fingerprint density at radius 1 is 1.43 bits per heavy atom. The second-order valence-electron chi connectivity index (χ2n) is 7.43. The first-order valence-corrected chi connectivity index (χ1v) is 7.92. The summed E-state index contributed by atoms with van der Waals surface area (Å²) in [4.78, 5) is 21.6. The van der Waals surface area contributed by atoms with Gasteiger partial charge in [0.25, 0.3) is 5.69 Å². The van der Waals surface area contributed by atoms with Crippen LogP contribution in [0.3, 0.4) is 0 Å². The molecule has 0 spiro atoms. The summed E-state index contributed by atoms with van der Waals surface area (Å²) >= 11 is 0. The molecular formula is C17H24N2O4. The van der Waals surface area contributed by atoms with Crippen molar-refractivity contribution in [3.63, 3.8) is 0 Å². The van der Waals surface area contributed by atoms with Gasteiger partial charge in [0.05, 0.1) is 11.3 Å². The molecule has 0 aliphatic heterocycles. The Balaban J connectivity index is 2.21. The highest BCUT2D eigenvalue weighted by atomic mass is 16.6. The third-order valence-corrected chi connectivity index (χ3v) is 4.36. The van der Waals surface area contributed by atoms with Crippen molar-refractivity contribution in [2.45, 2.75) is 52.5 Å². The first-order valence-electron chi connectivity index (χ1n) is 7.92. The van der Waals surface area contributed by atoms with Gasteiger partial charge < -0.3 is 10.4 Å². The number of anilines is 1. The first-order chi connectivity index (χ1) is 10.7. The van der Waals surface area contributed by atoms with Crippen LogP contribution in [0.4, 0.5) is 11.4 Å². The minimum atomic E-state index is -0.997. The monoisotopic (exact) mass is 320 g/mol. The minimum Gasteiger partial charge on any atom is -0.481 e. The van der Waals surface area contributed by atoms with Crippen LogP contribution in [-0.2, 0) is 11.2 Å². The van der Waals surface area contributed by atoms with Gasteiger partial charge in [0.2, 0.25) is 0 Å². The lowest BCUT2D eigenvalue weighted by Crippen LogP contribution is -2.35. The number of aliphatic carboxylic acids is 1. The summed E-state index contributed by atoms with van der Waals surface area (Å²) in [6.07, 6.45) is 2.89. The number of nitrogens with zero attached hydrogens (tertiary/aromatic N) is 1. The van der Waals surface area contributed by atoms with E-state index in [-0.39, 0.29) is 23.6 Å². The normalized spacial score (nSPS) is 23.3. The van der Waals surface area contributed by atoms with Crippen LogP contribution in [-0.4, -0.2) is 22.0 Å². The molecule has 0 heterocycles. The summed E-state index contributed by atoms with van der Waals surface area (Å²) < 4.78 is 0. The van der Waals surface area contributed by atoms with Crippen LogP contribution in [0.1, 0.15) is 45.6 Å². The molecule has 1 aliphatic carbocycles. The van der Waals surface area contributed by atoms with Crippen molar-refractivity contribution < 1.29 is 14.8 Å². The second-order valence-corrected chi connectivity index (χ2v) is 7.43. The van der Waals surface area contributed by atoms with Crippen LogP contribution in [0.15, 0.2) is 18.2 Å². The highest BCUT2D eigenvalue weighted by Gasteiger charge is 2.32. The van der Waals surface area contributed by atoms with Crippen LogP contribution in [0.5, 0.6) is 0 Å². The third-order valence-electron chi connectivity index (χ3n) is 4.36. The molecule has 0 amide bonds. The van der Waals surface area contributed by atoms with Crippen LogP contribution < -0.4 is 5.32 Å². The summed E-state index contributed by atoms with van der Waals surface area (Å²) in [6, 6.07) is 4.81. The van der Waals surface area contributed by atoms with Crippen LogP contribution in [0.25, 0.3) is 0 Å². The molecule has 2 atom stereocenters. The molecule has 0 saturated heterocycles. The molecule has 1 aliphatic rings. The zero-order valence-electron chi connectivity index (χ0n) is 13.8. The highest BCUT2D eigenvalue weighted by Crippen LogP contribution is 2.40. The molecule has 6 nitrogen and oxygen atoms in total. The van der Waals surface area contributed by atoms with Gasteiger partial charge in [0.1, 0.15) is 5.69 Å². The Morgan fingerprint density at radius 2 is 2.13 bits per heavy atom. The molecule has 1 fully saturated rings. The van der Waals surface area contributed by atoms with Gasteiger partial charge in [-0.25, -0.2) is 0 Å². The van der Waals surface area contributed by atoms with Crippen LogP contribution in [0, 0.1) is 21.4 Å². The Labute approximate surface area is 136 Å². The van der Waals surface area contributed by atoms with Gasteiger partial charge in [0, 0.05) is 12.1 Å². The lowest BCUT2D eigenvalue weighted by Gasteiger charge is -2.39. The zero-order chi connectivity index (χ0) is 17.2. The van der Waals surface area contributed by atoms with E-state index in [1.165, 1.54) is 6.07 Å². The van der Waals surface area contributed by atoms with Gasteiger partial charge in [-0.1, -0.05) is 26.8 Å². The van der Waals surface area contributed by atoms with Crippen LogP contribution in [0.2, 0.25) is 0 Å². The van der Waals surface area contributed by atoms with E-state index in [0.717, 1.165) is 19.3 Å². The first kappa shape index (κ1) is 17.2. The highest BCUT2D eigenvalue weighted by molar-refractivity contribution is 5.72. The van der Waals surface area contributed by atoms with E-state index < -0.39 is 10.9 Å². The molecule has 0 aromatic heterocycles. The predicted octanol–water partition coefficient (Wildman–Crippen LogP) is 3.85. The number of nitrogens with one attached hydrogen (secondary N) is 1. The fraction of sp³-hybridized carbons (Fsp3) is 0.588. The maximum absolute atomic E-state index is 11.3. The van der Waals surface area contributed by atoms with Crippen molar-refractivity contribution in [3.8, 4) is 0 Å². The molecule has 2 rings (SSSR count). The fourth-order valence-corrected chi connectivity index (χ4v) is 3.81. The summed E-state index contributed by atoms with van der Waals surface area (Å²) in [6.45, 7) is 6.66. The van der Waals surface area contributed by atoms with Gasteiger partial charge in [-0.2, -0.15) is 0 Å². The van der Waals surface area contributed by atoms with Gasteiger partial charge in [-0.05, 0) is 42.2 Å².